The summed E-state index contributed by atoms with van der Waals surface area (Å²) in [5.41, 5.74) is 1.58. The van der Waals surface area contributed by atoms with Crippen molar-refractivity contribution < 1.29 is 4.79 Å². The molecule has 0 bridgehead atoms. The zero-order chi connectivity index (χ0) is 14.5. The van der Waals surface area contributed by atoms with Crippen LogP contribution in [0, 0.1) is 16.7 Å². The van der Waals surface area contributed by atoms with E-state index in [4.69, 9.17) is 5.26 Å². The van der Waals surface area contributed by atoms with Crippen molar-refractivity contribution in [2.45, 2.75) is 33.2 Å². The van der Waals surface area contributed by atoms with Crippen LogP contribution >= 0.6 is 15.9 Å². The fourth-order valence-electron chi connectivity index (χ4n) is 1.70. The highest BCUT2D eigenvalue weighted by molar-refractivity contribution is 9.09. The number of halogens is 1. The summed E-state index contributed by atoms with van der Waals surface area (Å²) >= 11 is 3.42. The van der Waals surface area contributed by atoms with Gasteiger partial charge in [0.1, 0.15) is 0 Å². The Hall–Kier alpha value is -1.34. The number of hydrogen-bond acceptors (Lipinski definition) is 2. The topological polar surface area (TPSA) is 52.9 Å². The maximum absolute atomic E-state index is 11.9. The number of hydrogen-bond donors (Lipinski definition) is 1. The Labute approximate surface area is 123 Å². The molecule has 19 heavy (non-hydrogen) atoms. The molecule has 0 saturated heterocycles. The van der Waals surface area contributed by atoms with Crippen molar-refractivity contribution >= 4 is 21.8 Å². The first-order valence-electron chi connectivity index (χ1n) is 6.23. The summed E-state index contributed by atoms with van der Waals surface area (Å²) in [5.74, 6) is 0.0429. The fraction of sp³-hybridized carbons (Fsp3) is 0.467. The van der Waals surface area contributed by atoms with E-state index in [0.717, 1.165) is 10.9 Å². The Balaban J connectivity index is 2.61. The molecule has 0 fully saturated rings. The molecule has 1 unspecified atom stereocenters. The highest BCUT2D eigenvalue weighted by Gasteiger charge is 2.21. The van der Waals surface area contributed by atoms with E-state index in [2.05, 4.69) is 27.3 Å². The van der Waals surface area contributed by atoms with E-state index in [1.165, 1.54) is 0 Å². The number of rotatable bonds is 5. The highest BCUT2D eigenvalue weighted by Crippen LogP contribution is 2.23. The zero-order valence-electron chi connectivity index (χ0n) is 11.5. The van der Waals surface area contributed by atoms with Crippen LogP contribution in [-0.2, 0) is 4.79 Å². The fourth-order valence-corrected chi connectivity index (χ4v) is 1.90. The molecule has 1 aromatic rings. The van der Waals surface area contributed by atoms with E-state index in [9.17, 15) is 4.79 Å². The summed E-state index contributed by atoms with van der Waals surface area (Å²) in [7, 11) is 0. The second-order valence-electron chi connectivity index (χ2n) is 5.50. The molecule has 0 heterocycles. The third kappa shape index (κ3) is 5.04. The van der Waals surface area contributed by atoms with Crippen LogP contribution in [0.3, 0.4) is 0 Å². The van der Waals surface area contributed by atoms with Gasteiger partial charge < -0.3 is 5.32 Å². The Kier molecular flexibility index (Phi) is 5.56. The van der Waals surface area contributed by atoms with Crippen LogP contribution in [0.25, 0.3) is 0 Å². The number of benzene rings is 1. The Bertz CT molecular complexity index is 474. The van der Waals surface area contributed by atoms with Crippen molar-refractivity contribution in [1.82, 2.24) is 5.32 Å². The lowest BCUT2D eigenvalue weighted by molar-refractivity contribution is -0.123. The van der Waals surface area contributed by atoms with Gasteiger partial charge in [-0.05, 0) is 30.0 Å². The summed E-state index contributed by atoms with van der Waals surface area (Å²) in [6.07, 6.45) is 0.485. The SMILES string of the molecule is CC(NC(=O)CC(C)(C)CBr)c1ccc(C#N)cc1. The first-order chi connectivity index (χ1) is 8.88. The summed E-state index contributed by atoms with van der Waals surface area (Å²) in [4.78, 5) is 11.9. The van der Waals surface area contributed by atoms with E-state index in [-0.39, 0.29) is 17.4 Å². The number of carbonyl (C=O) groups excluding carboxylic acids is 1. The van der Waals surface area contributed by atoms with Gasteiger partial charge in [0.15, 0.2) is 0 Å². The number of carbonyl (C=O) groups is 1. The molecule has 1 amide bonds. The van der Waals surface area contributed by atoms with Gasteiger partial charge in [-0.1, -0.05) is 41.9 Å². The van der Waals surface area contributed by atoms with Gasteiger partial charge >= 0.3 is 0 Å². The highest BCUT2D eigenvalue weighted by atomic mass is 79.9. The Morgan fingerprint density at radius 3 is 2.47 bits per heavy atom. The van der Waals surface area contributed by atoms with Crippen LogP contribution in [0.15, 0.2) is 24.3 Å². The van der Waals surface area contributed by atoms with E-state index >= 15 is 0 Å². The standard InChI is InChI=1S/C15H19BrN2O/c1-11(13-6-4-12(9-17)5-7-13)18-14(19)8-15(2,3)10-16/h4-7,11H,8,10H2,1-3H3,(H,18,19). The van der Waals surface area contributed by atoms with Crippen molar-refractivity contribution in [3.05, 3.63) is 35.4 Å². The monoisotopic (exact) mass is 322 g/mol. The molecule has 0 spiro atoms. The van der Waals surface area contributed by atoms with Gasteiger partial charge in [0.2, 0.25) is 5.91 Å². The normalized spacial score (nSPS) is 12.6. The number of alkyl halides is 1. The van der Waals surface area contributed by atoms with Crippen LogP contribution in [0.2, 0.25) is 0 Å². The van der Waals surface area contributed by atoms with E-state index in [1.807, 2.05) is 32.9 Å². The molecule has 0 saturated carbocycles. The van der Waals surface area contributed by atoms with Gasteiger partial charge in [-0.25, -0.2) is 0 Å². The lowest BCUT2D eigenvalue weighted by Gasteiger charge is -2.22. The maximum atomic E-state index is 11.9. The van der Waals surface area contributed by atoms with Gasteiger partial charge in [-0.3, -0.25) is 4.79 Å². The molecule has 102 valence electrons. The second kappa shape index (κ2) is 6.72. The van der Waals surface area contributed by atoms with Crippen LogP contribution in [0.1, 0.15) is 44.4 Å². The van der Waals surface area contributed by atoms with Crippen LogP contribution in [0.4, 0.5) is 0 Å². The van der Waals surface area contributed by atoms with Crippen LogP contribution in [0.5, 0.6) is 0 Å². The Morgan fingerprint density at radius 2 is 2.00 bits per heavy atom. The smallest absolute Gasteiger partial charge is 0.221 e. The first kappa shape index (κ1) is 15.7. The summed E-state index contributed by atoms with van der Waals surface area (Å²) < 4.78 is 0. The molecule has 0 radical (unpaired) electrons. The van der Waals surface area contributed by atoms with Gasteiger partial charge in [0, 0.05) is 11.8 Å². The van der Waals surface area contributed by atoms with Gasteiger partial charge in [0.05, 0.1) is 17.7 Å². The van der Waals surface area contributed by atoms with Crippen molar-refractivity contribution in [3.8, 4) is 6.07 Å². The van der Waals surface area contributed by atoms with E-state index in [1.54, 1.807) is 12.1 Å². The molecule has 3 nitrogen and oxygen atoms in total. The minimum atomic E-state index is -0.0497. The molecule has 1 aromatic carbocycles. The molecule has 1 atom stereocenters. The third-order valence-corrected chi connectivity index (χ3v) is 4.44. The first-order valence-corrected chi connectivity index (χ1v) is 7.35. The average molecular weight is 323 g/mol. The lowest BCUT2D eigenvalue weighted by Crippen LogP contribution is -2.31. The van der Waals surface area contributed by atoms with Crippen molar-refractivity contribution in [3.63, 3.8) is 0 Å². The summed E-state index contributed by atoms with van der Waals surface area (Å²) in [6, 6.07) is 9.31. The summed E-state index contributed by atoms with van der Waals surface area (Å²) in [6.45, 7) is 6.04. The predicted molar refractivity (Wildman–Crippen MR) is 79.9 cm³/mol. The molecule has 0 aliphatic rings. The van der Waals surface area contributed by atoms with E-state index < -0.39 is 0 Å². The summed E-state index contributed by atoms with van der Waals surface area (Å²) in [5, 5.41) is 12.5. The van der Waals surface area contributed by atoms with Crippen LogP contribution < -0.4 is 5.32 Å². The molecule has 1 N–H and O–H groups in total. The lowest BCUT2D eigenvalue weighted by atomic mass is 9.91. The number of nitriles is 1. The molecular formula is C15H19BrN2O. The number of amides is 1. The van der Waals surface area contributed by atoms with Crippen molar-refractivity contribution in [2.75, 3.05) is 5.33 Å². The molecule has 1 rings (SSSR count). The average Bonchev–Trinajstić information content (AvgIpc) is 2.38. The van der Waals surface area contributed by atoms with Gasteiger partial charge in [-0.15, -0.1) is 0 Å². The van der Waals surface area contributed by atoms with Gasteiger partial charge in [0.25, 0.3) is 0 Å². The quantitative estimate of drug-likeness (QED) is 0.843. The molecule has 0 aromatic heterocycles. The molecular weight excluding hydrogens is 304 g/mol. The maximum Gasteiger partial charge on any atom is 0.221 e. The number of nitrogens with one attached hydrogen (secondary N) is 1. The largest absolute Gasteiger partial charge is 0.350 e. The number of nitrogens with zero attached hydrogens (tertiary/aromatic N) is 1. The second-order valence-corrected chi connectivity index (χ2v) is 6.06. The van der Waals surface area contributed by atoms with Crippen LogP contribution in [-0.4, -0.2) is 11.2 Å². The zero-order valence-corrected chi connectivity index (χ0v) is 13.1. The predicted octanol–water partition coefficient (Wildman–Crippen LogP) is 3.55. The van der Waals surface area contributed by atoms with E-state index in [0.29, 0.717) is 12.0 Å². The minimum absolute atomic E-state index is 0.0429. The van der Waals surface area contributed by atoms with Crippen molar-refractivity contribution in [1.29, 1.82) is 5.26 Å². The van der Waals surface area contributed by atoms with Gasteiger partial charge in [-0.2, -0.15) is 5.26 Å². The Morgan fingerprint density at radius 1 is 1.42 bits per heavy atom. The molecule has 0 aliphatic carbocycles. The minimum Gasteiger partial charge on any atom is -0.350 e. The third-order valence-electron chi connectivity index (χ3n) is 2.92. The van der Waals surface area contributed by atoms with Crippen molar-refractivity contribution in [2.24, 2.45) is 5.41 Å². The molecule has 0 aliphatic heterocycles. The molecule has 4 heteroatoms.